The summed E-state index contributed by atoms with van der Waals surface area (Å²) in [6.45, 7) is 3.97. The largest absolute Gasteiger partial charge is 0.376 e. The molecule has 2 unspecified atom stereocenters. The van der Waals surface area contributed by atoms with Gasteiger partial charge in [0.2, 0.25) is 0 Å². The number of para-hydroxylation sites is 1. The van der Waals surface area contributed by atoms with Crippen molar-refractivity contribution < 1.29 is 4.92 Å². The zero-order valence-electron chi connectivity index (χ0n) is 9.64. The fourth-order valence-corrected chi connectivity index (χ4v) is 2.79. The molecule has 0 amide bonds. The number of nitro groups is 1. The lowest BCUT2D eigenvalue weighted by atomic mass is 10.1. The first-order valence-electron chi connectivity index (χ1n) is 5.90. The predicted octanol–water partition coefficient (Wildman–Crippen LogP) is 1.53. The Balaban J connectivity index is 1.84. The van der Waals surface area contributed by atoms with Crippen molar-refractivity contribution in [1.29, 1.82) is 0 Å². The predicted molar refractivity (Wildman–Crippen MR) is 65.1 cm³/mol. The average Bonchev–Trinajstić information content (AvgIpc) is 2.74. The molecule has 1 heterocycles. The third-order valence-electron chi connectivity index (χ3n) is 3.85. The lowest BCUT2D eigenvalue weighted by Crippen LogP contribution is -2.22. The van der Waals surface area contributed by atoms with Gasteiger partial charge in [-0.1, -0.05) is 12.1 Å². The minimum absolute atomic E-state index is 0.183. The Morgan fingerprint density at radius 1 is 1.41 bits per heavy atom. The summed E-state index contributed by atoms with van der Waals surface area (Å²) in [6, 6.07) is 5.61. The lowest BCUT2D eigenvalue weighted by molar-refractivity contribution is -0.384. The van der Waals surface area contributed by atoms with E-state index < -0.39 is 0 Å². The molecule has 2 fully saturated rings. The third kappa shape index (κ3) is 1.67. The van der Waals surface area contributed by atoms with Crippen LogP contribution in [0.15, 0.2) is 18.2 Å². The van der Waals surface area contributed by atoms with Crippen molar-refractivity contribution in [1.82, 2.24) is 5.32 Å². The van der Waals surface area contributed by atoms with Crippen LogP contribution in [0.2, 0.25) is 0 Å². The monoisotopic (exact) mass is 233 g/mol. The van der Waals surface area contributed by atoms with E-state index in [9.17, 15) is 10.1 Å². The number of nitrogens with one attached hydrogen (secondary N) is 2. The van der Waals surface area contributed by atoms with E-state index in [1.54, 1.807) is 12.1 Å². The molecule has 2 atom stereocenters. The van der Waals surface area contributed by atoms with Gasteiger partial charge in [0.25, 0.3) is 5.69 Å². The van der Waals surface area contributed by atoms with Crippen LogP contribution in [0.25, 0.3) is 0 Å². The number of rotatable bonds is 3. The average molecular weight is 233 g/mol. The van der Waals surface area contributed by atoms with E-state index in [2.05, 4.69) is 10.6 Å². The van der Waals surface area contributed by atoms with Crippen LogP contribution in [0.1, 0.15) is 5.56 Å². The van der Waals surface area contributed by atoms with Crippen molar-refractivity contribution in [3.63, 3.8) is 0 Å². The lowest BCUT2D eigenvalue weighted by Gasteiger charge is -2.11. The summed E-state index contributed by atoms with van der Waals surface area (Å²) < 4.78 is 0. The maximum atomic E-state index is 11.0. The summed E-state index contributed by atoms with van der Waals surface area (Å²) >= 11 is 0. The highest BCUT2D eigenvalue weighted by molar-refractivity contribution is 5.67. The van der Waals surface area contributed by atoms with Gasteiger partial charge < -0.3 is 10.6 Å². The summed E-state index contributed by atoms with van der Waals surface area (Å²) in [5, 5.41) is 17.6. The Bertz CT molecular complexity index is 465. The molecule has 2 N–H and O–H groups in total. The Morgan fingerprint density at radius 3 is 2.76 bits per heavy atom. The molecule has 1 saturated heterocycles. The van der Waals surface area contributed by atoms with Crippen molar-refractivity contribution >= 4 is 11.4 Å². The molecule has 5 nitrogen and oxygen atoms in total. The van der Waals surface area contributed by atoms with Gasteiger partial charge in [0.15, 0.2) is 0 Å². The second-order valence-electron chi connectivity index (χ2n) is 4.88. The van der Waals surface area contributed by atoms with E-state index in [1.165, 1.54) is 0 Å². The normalized spacial score (nSPS) is 29.8. The van der Waals surface area contributed by atoms with E-state index >= 15 is 0 Å². The van der Waals surface area contributed by atoms with Gasteiger partial charge in [0.05, 0.1) is 4.92 Å². The van der Waals surface area contributed by atoms with Gasteiger partial charge >= 0.3 is 0 Å². The van der Waals surface area contributed by atoms with Crippen LogP contribution in [-0.4, -0.2) is 24.1 Å². The molecule has 5 heteroatoms. The highest BCUT2D eigenvalue weighted by Gasteiger charge is 2.53. The molecule has 2 aliphatic rings. The molecule has 0 spiro atoms. The Morgan fingerprint density at radius 2 is 2.12 bits per heavy atom. The molecule has 0 bridgehead atoms. The first-order chi connectivity index (χ1) is 8.18. The molecule has 1 aliphatic carbocycles. The molecule has 1 saturated carbocycles. The zero-order valence-corrected chi connectivity index (χ0v) is 9.64. The summed E-state index contributed by atoms with van der Waals surface area (Å²) in [5.41, 5.74) is 1.82. The number of fused-ring (bicyclic) bond motifs is 1. The van der Waals surface area contributed by atoms with Gasteiger partial charge in [-0.05, 0) is 24.3 Å². The van der Waals surface area contributed by atoms with E-state index in [1.807, 2.05) is 13.0 Å². The van der Waals surface area contributed by atoms with Crippen LogP contribution in [0.5, 0.6) is 0 Å². The van der Waals surface area contributed by atoms with Crippen molar-refractivity contribution in [2.24, 2.45) is 11.8 Å². The standard InChI is InChI=1S/C12H15N3O2/c1-7-3-2-4-10(15(16)17)11(7)14-12-8-5-13-6-9(8)12/h2-4,8-9,12-14H,5-6H2,1H3. The Labute approximate surface area is 99.4 Å². The maximum Gasteiger partial charge on any atom is 0.292 e. The van der Waals surface area contributed by atoms with Crippen molar-refractivity contribution in [3.8, 4) is 0 Å². The minimum atomic E-state index is -0.314. The molecular formula is C12H15N3O2. The number of nitrogens with zero attached hydrogens (tertiary/aromatic N) is 1. The Kier molecular flexibility index (Phi) is 2.29. The summed E-state index contributed by atoms with van der Waals surface area (Å²) in [4.78, 5) is 10.7. The van der Waals surface area contributed by atoms with E-state index in [0.29, 0.717) is 23.6 Å². The minimum Gasteiger partial charge on any atom is -0.376 e. The number of piperidine rings is 1. The molecule has 17 heavy (non-hydrogen) atoms. The first kappa shape index (κ1) is 10.5. The summed E-state index contributed by atoms with van der Waals surface area (Å²) in [7, 11) is 0. The third-order valence-corrected chi connectivity index (χ3v) is 3.85. The van der Waals surface area contributed by atoms with Crippen molar-refractivity contribution in [2.75, 3.05) is 18.4 Å². The molecule has 3 rings (SSSR count). The van der Waals surface area contributed by atoms with E-state index in [4.69, 9.17) is 0 Å². The number of aryl methyl sites for hydroxylation is 1. The molecule has 1 aliphatic heterocycles. The fourth-order valence-electron chi connectivity index (χ4n) is 2.79. The summed E-state index contributed by atoms with van der Waals surface area (Å²) in [6.07, 6.45) is 0. The molecular weight excluding hydrogens is 218 g/mol. The van der Waals surface area contributed by atoms with Gasteiger partial charge in [-0.3, -0.25) is 10.1 Å². The smallest absolute Gasteiger partial charge is 0.292 e. The second-order valence-corrected chi connectivity index (χ2v) is 4.88. The second kappa shape index (κ2) is 3.70. The Hall–Kier alpha value is -1.62. The van der Waals surface area contributed by atoms with Crippen LogP contribution >= 0.6 is 0 Å². The molecule has 1 aromatic rings. The van der Waals surface area contributed by atoms with Crippen LogP contribution in [-0.2, 0) is 0 Å². The quantitative estimate of drug-likeness (QED) is 0.613. The highest BCUT2D eigenvalue weighted by atomic mass is 16.6. The molecule has 1 aromatic carbocycles. The highest BCUT2D eigenvalue weighted by Crippen LogP contribution is 2.45. The molecule has 90 valence electrons. The molecule has 0 radical (unpaired) electrons. The van der Waals surface area contributed by atoms with E-state index in [0.717, 1.165) is 18.7 Å². The van der Waals surface area contributed by atoms with Gasteiger partial charge in [0.1, 0.15) is 5.69 Å². The van der Waals surface area contributed by atoms with Crippen molar-refractivity contribution in [2.45, 2.75) is 13.0 Å². The number of anilines is 1. The number of nitro benzene ring substituents is 1. The van der Waals surface area contributed by atoms with Crippen LogP contribution in [0, 0.1) is 28.9 Å². The van der Waals surface area contributed by atoms with Gasteiger partial charge in [-0.25, -0.2) is 0 Å². The van der Waals surface area contributed by atoms with Crippen LogP contribution in [0.3, 0.4) is 0 Å². The number of hydrogen-bond donors (Lipinski definition) is 2. The van der Waals surface area contributed by atoms with E-state index in [-0.39, 0.29) is 10.6 Å². The zero-order chi connectivity index (χ0) is 12.0. The number of hydrogen-bond acceptors (Lipinski definition) is 4. The first-order valence-corrected chi connectivity index (χ1v) is 5.90. The topological polar surface area (TPSA) is 67.2 Å². The van der Waals surface area contributed by atoms with Crippen LogP contribution < -0.4 is 10.6 Å². The van der Waals surface area contributed by atoms with Gasteiger partial charge in [0, 0.05) is 25.2 Å². The number of benzene rings is 1. The molecule has 0 aromatic heterocycles. The van der Waals surface area contributed by atoms with Gasteiger partial charge in [-0.2, -0.15) is 0 Å². The van der Waals surface area contributed by atoms with Crippen molar-refractivity contribution in [3.05, 3.63) is 33.9 Å². The fraction of sp³-hybridized carbons (Fsp3) is 0.500. The maximum absolute atomic E-state index is 11.0. The SMILES string of the molecule is Cc1cccc([N+](=O)[O-])c1NC1C2CNCC21. The van der Waals surface area contributed by atoms with Crippen LogP contribution in [0.4, 0.5) is 11.4 Å². The summed E-state index contributed by atoms with van der Waals surface area (Å²) in [5.74, 6) is 1.29. The van der Waals surface area contributed by atoms with Gasteiger partial charge in [-0.15, -0.1) is 0 Å².